The topological polar surface area (TPSA) is 85.2 Å². The number of rotatable bonds is 7. The Labute approximate surface area is 108 Å². The highest BCUT2D eigenvalue weighted by Crippen LogP contribution is 2.17. The Kier molecular flexibility index (Phi) is 5.58. The molecule has 0 spiro atoms. The maximum absolute atomic E-state index is 11.0. The van der Waals surface area contributed by atoms with Crippen molar-refractivity contribution in [1.82, 2.24) is 4.98 Å². The van der Waals surface area contributed by atoms with Gasteiger partial charge in [0.1, 0.15) is 5.82 Å². The smallest absolute Gasteiger partial charge is 0.250 e. The molecule has 100 valence electrons. The molecule has 1 amide bonds. The SMILES string of the molecule is CCC(CC)N(CCN)c1ccc(C(N)=O)cn1. The average Bonchev–Trinajstić information content (AvgIpc) is 2.39. The first-order chi connectivity index (χ1) is 8.63. The summed E-state index contributed by atoms with van der Waals surface area (Å²) in [5.41, 5.74) is 11.3. The zero-order valence-corrected chi connectivity index (χ0v) is 11.1. The van der Waals surface area contributed by atoms with Crippen LogP contribution in [0.2, 0.25) is 0 Å². The lowest BCUT2D eigenvalue weighted by Gasteiger charge is -2.31. The fourth-order valence-corrected chi connectivity index (χ4v) is 2.05. The number of anilines is 1. The second-order valence-electron chi connectivity index (χ2n) is 4.22. The lowest BCUT2D eigenvalue weighted by Crippen LogP contribution is -2.38. The maximum atomic E-state index is 11.0. The van der Waals surface area contributed by atoms with Crippen molar-refractivity contribution in [3.63, 3.8) is 0 Å². The highest BCUT2D eigenvalue weighted by Gasteiger charge is 2.16. The zero-order chi connectivity index (χ0) is 13.5. The van der Waals surface area contributed by atoms with Crippen molar-refractivity contribution in [2.45, 2.75) is 32.7 Å². The van der Waals surface area contributed by atoms with Crippen molar-refractivity contribution in [1.29, 1.82) is 0 Å². The van der Waals surface area contributed by atoms with Gasteiger partial charge in [0.05, 0.1) is 5.56 Å². The van der Waals surface area contributed by atoms with E-state index in [2.05, 4.69) is 23.7 Å². The summed E-state index contributed by atoms with van der Waals surface area (Å²) in [6.07, 6.45) is 3.59. The van der Waals surface area contributed by atoms with Crippen molar-refractivity contribution in [2.75, 3.05) is 18.0 Å². The number of pyridine rings is 1. The molecule has 0 aliphatic carbocycles. The van der Waals surface area contributed by atoms with Gasteiger partial charge in [-0.2, -0.15) is 0 Å². The summed E-state index contributed by atoms with van der Waals surface area (Å²) < 4.78 is 0. The second-order valence-corrected chi connectivity index (χ2v) is 4.22. The van der Waals surface area contributed by atoms with E-state index in [9.17, 15) is 4.79 Å². The number of primary amides is 1. The minimum Gasteiger partial charge on any atom is -0.366 e. The van der Waals surface area contributed by atoms with E-state index in [1.807, 2.05) is 6.07 Å². The number of nitrogens with zero attached hydrogens (tertiary/aromatic N) is 2. The van der Waals surface area contributed by atoms with Gasteiger partial charge in [-0.3, -0.25) is 4.79 Å². The molecule has 1 rings (SSSR count). The number of hydrogen-bond donors (Lipinski definition) is 2. The monoisotopic (exact) mass is 250 g/mol. The molecule has 0 radical (unpaired) electrons. The van der Waals surface area contributed by atoms with Crippen LogP contribution in [-0.2, 0) is 0 Å². The van der Waals surface area contributed by atoms with Crippen LogP contribution in [0.3, 0.4) is 0 Å². The summed E-state index contributed by atoms with van der Waals surface area (Å²) in [6.45, 7) is 5.63. The van der Waals surface area contributed by atoms with Crippen LogP contribution in [0, 0.1) is 0 Å². The summed E-state index contributed by atoms with van der Waals surface area (Å²) in [5.74, 6) is 0.390. The van der Waals surface area contributed by atoms with Gasteiger partial charge in [0, 0.05) is 25.3 Å². The van der Waals surface area contributed by atoms with E-state index < -0.39 is 5.91 Å². The fourth-order valence-electron chi connectivity index (χ4n) is 2.05. The third-order valence-corrected chi connectivity index (χ3v) is 3.08. The van der Waals surface area contributed by atoms with Gasteiger partial charge in [-0.15, -0.1) is 0 Å². The highest BCUT2D eigenvalue weighted by molar-refractivity contribution is 5.92. The highest BCUT2D eigenvalue weighted by atomic mass is 16.1. The predicted octanol–water partition coefficient (Wildman–Crippen LogP) is 1.13. The molecule has 0 fully saturated rings. The molecule has 4 N–H and O–H groups in total. The van der Waals surface area contributed by atoms with E-state index in [1.54, 1.807) is 6.07 Å². The van der Waals surface area contributed by atoms with E-state index in [1.165, 1.54) is 6.20 Å². The van der Waals surface area contributed by atoms with Gasteiger partial charge in [-0.05, 0) is 25.0 Å². The molecule has 5 heteroatoms. The van der Waals surface area contributed by atoms with Gasteiger partial charge in [-0.25, -0.2) is 4.98 Å². The standard InChI is InChI=1S/C13H22N4O/c1-3-11(4-2)17(8-7-14)12-6-5-10(9-16-12)13(15)18/h5-6,9,11H,3-4,7-8,14H2,1-2H3,(H2,15,18). The van der Waals surface area contributed by atoms with E-state index in [-0.39, 0.29) is 0 Å². The summed E-state index contributed by atoms with van der Waals surface area (Å²) in [6, 6.07) is 3.95. The molecule has 0 aliphatic heterocycles. The molecule has 0 bridgehead atoms. The number of carbonyl (C=O) groups excluding carboxylic acids is 1. The van der Waals surface area contributed by atoms with E-state index in [0.29, 0.717) is 18.2 Å². The van der Waals surface area contributed by atoms with E-state index >= 15 is 0 Å². The minimum atomic E-state index is -0.457. The molecule has 0 aliphatic rings. The third-order valence-electron chi connectivity index (χ3n) is 3.08. The van der Waals surface area contributed by atoms with Gasteiger partial charge in [0.2, 0.25) is 5.91 Å². The molecule has 0 atom stereocenters. The van der Waals surface area contributed by atoms with Gasteiger partial charge in [-0.1, -0.05) is 13.8 Å². The number of carbonyl (C=O) groups is 1. The molecular formula is C13H22N4O. The Morgan fingerprint density at radius 3 is 2.44 bits per heavy atom. The first-order valence-corrected chi connectivity index (χ1v) is 6.36. The Balaban J connectivity index is 2.94. The minimum absolute atomic E-state index is 0.417. The lowest BCUT2D eigenvalue weighted by atomic mass is 10.1. The molecule has 0 aromatic carbocycles. The fraction of sp³-hybridized carbons (Fsp3) is 0.538. The molecule has 5 nitrogen and oxygen atoms in total. The van der Waals surface area contributed by atoms with Crippen molar-refractivity contribution >= 4 is 11.7 Å². The first kappa shape index (κ1) is 14.4. The molecule has 1 aromatic rings. The molecule has 0 saturated heterocycles. The van der Waals surface area contributed by atoms with Gasteiger partial charge < -0.3 is 16.4 Å². The molecule has 0 saturated carbocycles. The average molecular weight is 250 g/mol. The lowest BCUT2D eigenvalue weighted by molar-refractivity contribution is 0.1000. The molecule has 0 unspecified atom stereocenters. The van der Waals surface area contributed by atoms with Gasteiger partial charge >= 0.3 is 0 Å². The number of hydrogen-bond acceptors (Lipinski definition) is 4. The van der Waals surface area contributed by atoms with Crippen LogP contribution in [0.5, 0.6) is 0 Å². The largest absolute Gasteiger partial charge is 0.366 e. The van der Waals surface area contributed by atoms with E-state index in [0.717, 1.165) is 25.2 Å². The van der Waals surface area contributed by atoms with Crippen LogP contribution in [-0.4, -0.2) is 30.0 Å². The van der Waals surface area contributed by atoms with Crippen LogP contribution in [0.25, 0.3) is 0 Å². The van der Waals surface area contributed by atoms with Crippen LogP contribution < -0.4 is 16.4 Å². The molecule has 1 heterocycles. The first-order valence-electron chi connectivity index (χ1n) is 6.36. The number of nitrogens with two attached hydrogens (primary N) is 2. The zero-order valence-electron chi connectivity index (χ0n) is 11.1. The van der Waals surface area contributed by atoms with Gasteiger partial charge in [0.25, 0.3) is 0 Å². The normalized spacial score (nSPS) is 10.7. The van der Waals surface area contributed by atoms with E-state index in [4.69, 9.17) is 11.5 Å². The van der Waals surface area contributed by atoms with Crippen molar-refractivity contribution < 1.29 is 4.79 Å². The third kappa shape index (κ3) is 3.43. The molecule has 1 aromatic heterocycles. The van der Waals surface area contributed by atoms with Gasteiger partial charge in [0.15, 0.2) is 0 Å². The Morgan fingerprint density at radius 2 is 2.06 bits per heavy atom. The van der Waals surface area contributed by atoms with Crippen LogP contribution in [0.4, 0.5) is 5.82 Å². The van der Waals surface area contributed by atoms with Crippen molar-refractivity contribution in [3.05, 3.63) is 23.9 Å². The molecule has 18 heavy (non-hydrogen) atoms. The van der Waals surface area contributed by atoms with Crippen LogP contribution >= 0.6 is 0 Å². The number of aromatic nitrogens is 1. The maximum Gasteiger partial charge on any atom is 0.250 e. The summed E-state index contributed by atoms with van der Waals surface area (Å²) in [4.78, 5) is 17.5. The van der Waals surface area contributed by atoms with Crippen molar-refractivity contribution in [2.24, 2.45) is 11.5 Å². The van der Waals surface area contributed by atoms with Crippen LogP contribution in [0.15, 0.2) is 18.3 Å². The second kappa shape index (κ2) is 6.96. The summed E-state index contributed by atoms with van der Waals surface area (Å²) in [7, 11) is 0. The summed E-state index contributed by atoms with van der Waals surface area (Å²) in [5, 5.41) is 0. The Bertz CT molecular complexity index is 373. The Hall–Kier alpha value is -1.62. The molecular weight excluding hydrogens is 228 g/mol. The predicted molar refractivity (Wildman–Crippen MR) is 73.5 cm³/mol. The Morgan fingerprint density at radius 1 is 1.39 bits per heavy atom. The summed E-state index contributed by atoms with van der Waals surface area (Å²) >= 11 is 0. The number of amides is 1. The van der Waals surface area contributed by atoms with Crippen LogP contribution in [0.1, 0.15) is 37.0 Å². The quantitative estimate of drug-likeness (QED) is 0.759. The van der Waals surface area contributed by atoms with Crippen molar-refractivity contribution in [3.8, 4) is 0 Å².